The van der Waals surface area contributed by atoms with Gasteiger partial charge in [0.15, 0.2) is 0 Å². The molecule has 0 aliphatic heterocycles. The van der Waals surface area contributed by atoms with Crippen LogP contribution >= 0.6 is 0 Å². The molecule has 4 bridgehead atoms. The van der Waals surface area contributed by atoms with Crippen LogP contribution in [0.25, 0.3) is 0 Å². The summed E-state index contributed by atoms with van der Waals surface area (Å²) in [6.07, 6.45) is 10.0. The molecule has 4 nitrogen and oxygen atoms in total. The Hall–Kier alpha value is -1.06. The molecule has 4 heteroatoms. The summed E-state index contributed by atoms with van der Waals surface area (Å²) in [5, 5.41) is 11.8. The summed E-state index contributed by atoms with van der Waals surface area (Å²) in [5.74, 6) is 5.11. The molecule has 5 rings (SSSR count). The Kier molecular flexibility index (Phi) is 2.45. The summed E-state index contributed by atoms with van der Waals surface area (Å²) in [6, 6.07) is 0. The van der Waals surface area contributed by atoms with Crippen molar-refractivity contribution >= 4 is 5.95 Å². The van der Waals surface area contributed by atoms with Gasteiger partial charge in [-0.05, 0) is 61.7 Å². The molecule has 1 aromatic rings. The highest BCUT2D eigenvalue weighted by Gasteiger charge is 2.51. The minimum atomic E-state index is 0.556. The van der Waals surface area contributed by atoms with Crippen molar-refractivity contribution < 1.29 is 0 Å². The first-order valence-corrected chi connectivity index (χ1v) is 7.73. The third-order valence-electron chi connectivity index (χ3n) is 5.89. The van der Waals surface area contributed by atoms with Crippen molar-refractivity contribution in [1.29, 1.82) is 0 Å². The maximum Gasteiger partial charge on any atom is 0.224 e. The van der Waals surface area contributed by atoms with Crippen molar-refractivity contribution in [1.82, 2.24) is 14.8 Å². The van der Waals surface area contributed by atoms with Gasteiger partial charge in [-0.15, -0.1) is 10.2 Å². The number of hydrogen-bond acceptors (Lipinski definition) is 3. The smallest absolute Gasteiger partial charge is 0.224 e. The Bertz CT molecular complexity index is 455. The van der Waals surface area contributed by atoms with Crippen LogP contribution in [0.1, 0.15) is 44.3 Å². The van der Waals surface area contributed by atoms with E-state index in [2.05, 4.69) is 27.1 Å². The molecule has 104 valence electrons. The predicted molar refractivity (Wildman–Crippen MR) is 74.9 cm³/mol. The second-order valence-corrected chi connectivity index (χ2v) is 7.34. The van der Waals surface area contributed by atoms with Crippen LogP contribution in [-0.2, 0) is 13.5 Å². The third-order valence-corrected chi connectivity index (χ3v) is 5.89. The molecule has 4 saturated carbocycles. The van der Waals surface area contributed by atoms with Crippen molar-refractivity contribution in [3.8, 4) is 0 Å². The molecular formula is C15H24N4. The molecule has 0 amide bonds. The summed E-state index contributed by atoms with van der Waals surface area (Å²) >= 11 is 0. The molecule has 0 spiro atoms. The van der Waals surface area contributed by atoms with Crippen molar-refractivity contribution in [2.24, 2.45) is 30.2 Å². The fraction of sp³-hybridized carbons (Fsp3) is 0.867. The van der Waals surface area contributed by atoms with Crippen LogP contribution in [0.2, 0.25) is 0 Å². The van der Waals surface area contributed by atoms with Gasteiger partial charge in [0.1, 0.15) is 5.82 Å². The zero-order valence-electron chi connectivity index (χ0n) is 12.0. The lowest BCUT2D eigenvalue weighted by Gasteiger charge is -2.56. The molecular weight excluding hydrogens is 236 g/mol. The van der Waals surface area contributed by atoms with Gasteiger partial charge in [-0.25, -0.2) is 0 Å². The van der Waals surface area contributed by atoms with Crippen molar-refractivity contribution in [3.05, 3.63) is 5.82 Å². The summed E-state index contributed by atoms with van der Waals surface area (Å²) < 4.78 is 2.14. The Labute approximate surface area is 115 Å². The third kappa shape index (κ3) is 1.79. The van der Waals surface area contributed by atoms with Gasteiger partial charge in [0.2, 0.25) is 5.95 Å². The lowest BCUT2D eigenvalue weighted by molar-refractivity contribution is -0.0534. The second kappa shape index (κ2) is 3.97. The first kappa shape index (κ1) is 11.7. The van der Waals surface area contributed by atoms with E-state index in [9.17, 15) is 0 Å². The van der Waals surface area contributed by atoms with Gasteiger partial charge in [-0.1, -0.05) is 0 Å². The molecule has 0 unspecified atom stereocenters. The summed E-state index contributed by atoms with van der Waals surface area (Å²) in [5.41, 5.74) is 0.556. The summed E-state index contributed by atoms with van der Waals surface area (Å²) in [4.78, 5) is 0. The lowest BCUT2D eigenvalue weighted by atomic mass is 9.49. The van der Waals surface area contributed by atoms with E-state index >= 15 is 0 Å². The van der Waals surface area contributed by atoms with E-state index in [-0.39, 0.29) is 0 Å². The molecule has 1 N–H and O–H groups in total. The molecule has 0 radical (unpaired) electrons. The van der Waals surface area contributed by atoms with E-state index in [0.29, 0.717) is 5.41 Å². The molecule has 4 fully saturated rings. The molecule has 4 aliphatic carbocycles. The average Bonchev–Trinajstić information content (AvgIpc) is 2.68. The Morgan fingerprint density at radius 2 is 1.68 bits per heavy atom. The quantitative estimate of drug-likeness (QED) is 0.908. The molecule has 19 heavy (non-hydrogen) atoms. The molecule has 1 heterocycles. The highest BCUT2D eigenvalue weighted by Crippen LogP contribution is 2.60. The van der Waals surface area contributed by atoms with Crippen molar-refractivity contribution in [2.75, 3.05) is 12.4 Å². The average molecular weight is 260 g/mol. The minimum Gasteiger partial charge on any atom is -0.357 e. The number of nitrogens with zero attached hydrogens (tertiary/aromatic N) is 3. The second-order valence-electron chi connectivity index (χ2n) is 7.34. The first-order valence-electron chi connectivity index (χ1n) is 7.73. The number of hydrogen-bond donors (Lipinski definition) is 1. The van der Waals surface area contributed by atoms with E-state index in [4.69, 9.17) is 0 Å². The van der Waals surface area contributed by atoms with Crippen LogP contribution in [0, 0.1) is 23.2 Å². The minimum absolute atomic E-state index is 0.556. The van der Waals surface area contributed by atoms with Gasteiger partial charge in [0.05, 0.1) is 0 Å². The number of aromatic nitrogens is 3. The predicted octanol–water partition coefficient (Wildman–Crippen LogP) is 2.62. The van der Waals surface area contributed by atoms with Gasteiger partial charge in [-0.3, -0.25) is 0 Å². The standard InChI is InChI=1S/C15H24N4/c1-16-14-18-17-13(19(14)2)9-15-6-10-3-11(7-15)5-12(4-10)8-15/h10-12H,3-9H2,1-2H3,(H,16,18). The highest BCUT2D eigenvalue weighted by atomic mass is 15.3. The van der Waals surface area contributed by atoms with Crippen LogP contribution in [0.5, 0.6) is 0 Å². The Morgan fingerprint density at radius 1 is 1.11 bits per heavy atom. The highest BCUT2D eigenvalue weighted by molar-refractivity contribution is 5.24. The van der Waals surface area contributed by atoms with Crippen molar-refractivity contribution in [2.45, 2.75) is 44.9 Å². The lowest BCUT2D eigenvalue weighted by Crippen LogP contribution is -2.47. The van der Waals surface area contributed by atoms with Crippen molar-refractivity contribution in [3.63, 3.8) is 0 Å². The monoisotopic (exact) mass is 260 g/mol. The fourth-order valence-electron chi connectivity index (χ4n) is 5.58. The Morgan fingerprint density at radius 3 is 2.16 bits per heavy atom. The normalized spacial score (nSPS) is 39.8. The zero-order valence-corrected chi connectivity index (χ0v) is 12.0. The van der Waals surface area contributed by atoms with E-state index < -0.39 is 0 Å². The Balaban J connectivity index is 1.60. The largest absolute Gasteiger partial charge is 0.357 e. The zero-order chi connectivity index (χ0) is 13.0. The van der Waals surface area contributed by atoms with E-state index in [1.165, 1.54) is 44.3 Å². The molecule has 0 atom stereocenters. The van der Waals surface area contributed by atoms with E-state index in [1.807, 2.05) is 7.05 Å². The van der Waals surface area contributed by atoms with Gasteiger partial charge in [0, 0.05) is 20.5 Å². The van der Waals surface area contributed by atoms with E-state index in [1.54, 1.807) is 0 Å². The van der Waals surface area contributed by atoms with Crippen LogP contribution < -0.4 is 5.32 Å². The first-order chi connectivity index (χ1) is 9.17. The van der Waals surface area contributed by atoms with E-state index in [0.717, 1.165) is 30.1 Å². The molecule has 0 aromatic carbocycles. The van der Waals surface area contributed by atoms with Gasteiger partial charge in [0.25, 0.3) is 0 Å². The van der Waals surface area contributed by atoms with Crippen LogP contribution in [-0.4, -0.2) is 21.8 Å². The number of nitrogens with one attached hydrogen (secondary N) is 1. The summed E-state index contributed by atoms with van der Waals surface area (Å²) in [7, 11) is 4.00. The number of rotatable bonds is 3. The molecule has 1 aromatic heterocycles. The maximum absolute atomic E-state index is 4.41. The van der Waals surface area contributed by atoms with Gasteiger partial charge in [-0.2, -0.15) is 0 Å². The maximum atomic E-state index is 4.41. The van der Waals surface area contributed by atoms with Crippen LogP contribution in [0.4, 0.5) is 5.95 Å². The molecule has 0 saturated heterocycles. The fourth-order valence-corrected chi connectivity index (χ4v) is 5.58. The topological polar surface area (TPSA) is 42.7 Å². The summed E-state index contributed by atoms with van der Waals surface area (Å²) in [6.45, 7) is 0. The number of anilines is 1. The molecule has 4 aliphatic rings. The SMILES string of the molecule is CNc1nnc(CC23CC4CC(CC(C4)C2)C3)n1C. The van der Waals surface area contributed by atoms with Crippen LogP contribution in [0.3, 0.4) is 0 Å². The van der Waals surface area contributed by atoms with Gasteiger partial charge < -0.3 is 9.88 Å². The van der Waals surface area contributed by atoms with Crippen LogP contribution in [0.15, 0.2) is 0 Å². The van der Waals surface area contributed by atoms with Gasteiger partial charge >= 0.3 is 0 Å².